The second-order valence-corrected chi connectivity index (χ2v) is 7.93. The summed E-state index contributed by atoms with van der Waals surface area (Å²) >= 11 is 6.29. The lowest BCUT2D eigenvalue weighted by atomic mass is 9.74. The molecule has 4 rings (SSSR count). The third-order valence-electron chi connectivity index (χ3n) is 5.59. The van der Waals surface area contributed by atoms with Gasteiger partial charge >= 0.3 is 0 Å². The molecule has 0 bridgehead atoms. The normalized spacial score (nSPS) is 16.5. The van der Waals surface area contributed by atoms with Crippen molar-refractivity contribution in [2.24, 2.45) is 4.99 Å². The lowest BCUT2D eigenvalue weighted by Crippen LogP contribution is -2.48. The number of aliphatic imine (C=N–C) groups is 1. The number of aromatic nitrogens is 3. The van der Waals surface area contributed by atoms with E-state index < -0.39 is 0 Å². The molecule has 0 radical (unpaired) electrons. The molecule has 1 saturated heterocycles. The predicted molar refractivity (Wildman–Crippen MR) is 119 cm³/mol. The van der Waals surface area contributed by atoms with E-state index in [4.69, 9.17) is 21.3 Å². The highest BCUT2D eigenvalue weighted by Crippen LogP contribution is 2.35. The Labute approximate surface area is 181 Å². The van der Waals surface area contributed by atoms with Gasteiger partial charge in [0.1, 0.15) is 6.54 Å². The maximum Gasteiger partial charge on any atom is 0.191 e. The summed E-state index contributed by atoms with van der Waals surface area (Å²) in [6.45, 7) is 5.52. The molecule has 1 aromatic carbocycles. The summed E-state index contributed by atoms with van der Waals surface area (Å²) in [5.41, 5.74) is 2.02. The first kappa shape index (κ1) is 20.6. The molecule has 30 heavy (non-hydrogen) atoms. The maximum absolute atomic E-state index is 6.29. The Hall–Kier alpha value is -2.64. The molecular formula is C22H27ClN6O. The Morgan fingerprint density at radius 3 is 2.83 bits per heavy atom. The molecule has 2 aromatic heterocycles. The maximum atomic E-state index is 6.29. The van der Waals surface area contributed by atoms with Gasteiger partial charge in [0.15, 0.2) is 17.4 Å². The summed E-state index contributed by atoms with van der Waals surface area (Å²) in [6, 6.07) is 14.0. The first-order valence-corrected chi connectivity index (χ1v) is 10.7. The topological polar surface area (TPSA) is 75.8 Å². The van der Waals surface area contributed by atoms with Crippen molar-refractivity contribution in [3.63, 3.8) is 0 Å². The van der Waals surface area contributed by atoms with E-state index in [0.29, 0.717) is 6.54 Å². The molecule has 0 unspecified atom stereocenters. The van der Waals surface area contributed by atoms with Gasteiger partial charge in [-0.2, -0.15) is 0 Å². The molecule has 1 fully saturated rings. The Balaban J connectivity index is 1.52. The molecule has 0 atom stereocenters. The number of benzene rings is 1. The van der Waals surface area contributed by atoms with E-state index in [1.54, 1.807) is 0 Å². The Bertz CT molecular complexity index is 1010. The number of halogens is 1. The fourth-order valence-electron chi connectivity index (χ4n) is 3.89. The highest BCUT2D eigenvalue weighted by molar-refractivity contribution is 6.30. The van der Waals surface area contributed by atoms with Gasteiger partial charge in [0, 0.05) is 42.9 Å². The van der Waals surface area contributed by atoms with Crippen molar-refractivity contribution >= 4 is 23.2 Å². The highest BCUT2D eigenvalue weighted by Gasteiger charge is 2.34. The monoisotopic (exact) mass is 426 g/mol. The van der Waals surface area contributed by atoms with Crippen molar-refractivity contribution in [3.8, 4) is 0 Å². The van der Waals surface area contributed by atoms with Crippen LogP contribution < -0.4 is 10.6 Å². The van der Waals surface area contributed by atoms with Gasteiger partial charge in [-0.05, 0) is 49.6 Å². The number of hydrogen-bond donors (Lipinski definition) is 2. The van der Waals surface area contributed by atoms with E-state index in [1.807, 2.05) is 40.9 Å². The molecule has 3 aromatic rings. The SMILES string of the molecule is CCNC(=NCc1nnc2ccccn12)NCC1(c2cccc(Cl)c2)CCOCC1. The summed E-state index contributed by atoms with van der Waals surface area (Å²) in [7, 11) is 0. The van der Waals surface area contributed by atoms with Crippen molar-refractivity contribution in [2.75, 3.05) is 26.3 Å². The van der Waals surface area contributed by atoms with Crippen LogP contribution in [0.2, 0.25) is 5.02 Å². The quantitative estimate of drug-likeness (QED) is 0.467. The summed E-state index contributed by atoms with van der Waals surface area (Å²) in [6.07, 6.45) is 3.83. The Kier molecular flexibility index (Phi) is 6.50. The molecule has 158 valence electrons. The van der Waals surface area contributed by atoms with E-state index >= 15 is 0 Å². The predicted octanol–water partition coefficient (Wildman–Crippen LogP) is 3.19. The second kappa shape index (κ2) is 9.45. The minimum absolute atomic E-state index is 0.0408. The van der Waals surface area contributed by atoms with Gasteiger partial charge in [0.25, 0.3) is 0 Å². The molecule has 1 aliphatic rings. The number of pyridine rings is 1. The van der Waals surface area contributed by atoms with Gasteiger partial charge in [0.2, 0.25) is 0 Å². The van der Waals surface area contributed by atoms with Crippen LogP contribution in [0.15, 0.2) is 53.7 Å². The molecule has 8 heteroatoms. The highest BCUT2D eigenvalue weighted by atomic mass is 35.5. The van der Waals surface area contributed by atoms with E-state index in [9.17, 15) is 0 Å². The summed E-state index contributed by atoms with van der Waals surface area (Å²) in [5, 5.41) is 16.1. The molecule has 0 aliphatic carbocycles. The third-order valence-corrected chi connectivity index (χ3v) is 5.82. The third kappa shape index (κ3) is 4.57. The molecule has 0 amide bonds. The number of hydrogen-bond acceptors (Lipinski definition) is 4. The van der Waals surface area contributed by atoms with Gasteiger partial charge in [-0.1, -0.05) is 29.8 Å². The van der Waals surface area contributed by atoms with Crippen LogP contribution in [0.4, 0.5) is 0 Å². The van der Waals surface area contributed by atoms with E-state index in [-0.39, 0.29) is 5.41 Å². The van der Waals surface area contributed by atoms with Crippen LogP contribution in [0.3, 0.4) is 0 Å². The van der Waals surface area contributed by atoms with Crippen LogP contribution in [-0.4, -0.2) is 46.9 Å². The zero-order valence-corrected chi connectivity index (χ0v) is 17.9. The van der Waals surface area contributed by atoms with Crippen LogP contribution in [0.1, 0.15) is 31.2 Å². The van der Waals surface area contributed by atoms with Crippen LogP contribution >= 0.6 is 11.6 Å². The van der Waals surface area contributed by atoms with Crippen molar-refractivity contribution in [2.45, 2.75) is 31.7 Å². The Morgan fingerprint density at radius 2 is 2.03 bits per heavy atom. The zero-order valence-electron chi connectivity index (χ0n) is 17.1. The number of ether oxygens (including phenoxy) is 1. The number of rotatable bonds is 6. The van der Waals surface area contributed by atoms with Gasteiger partial charge in [-0.3, -0.25) is 4.40 Å². The van der Waals surface area contributed by atoms with Crippen molar-refractivity contribution in [3.05, 3.63) is 65.1 Å². The molecule has 2 N–H and O–H groups in total. The fourth-order valence-corrected chi connectivity index (χ4v) is 4.08. The summed E-state index contributed by atoms with van der Waals surface area (Å²) in [4.78, 5) is 4.75. The van der Waals surface area contributed by atoms with Crippen LogP contribution in [0, 0.1) is 0 Å². The number of nitrogens with zero attached hydrogens (tertiary/aromatic N) is 4. The molecule has 0 spiro atoms. The molecule has 3 heterocycles. The fraction of sp³-hybridized carbons (Fsp3) is 0.409. The van der Waals surface area contributed by atoms with Gasteiger partial charge in [0.05, 0.1) is 0 Å². The van der Waals surface area contributed by atoms with Crippen LogP contribution in [0.5, 0.6) is 0 Å². The minimum atomic E-state index is -0.0408. The number of fused-ring (bicyclic) bond motifs is 1. The first-order chi connectivity index (χ1) is 14.7. The van der Waals surface area contributed by atoms with Gasteiger partial charge in [-0.15, -0.1) is 10.2 Å². The van der Waals surface area contributed by atoms with E-state index in [2.05, 4.69) is 39.9 Å². The largest absolute Gasteiger partial charge is 0.381 e. The Morgan fingerprint density at radius 1 is 1.17 bits per heavy atom. The number of guanidine groups is 1. The second-order valence-electron chi connectivity index (χ2n) is 7.50. The van der Waals surface area contributed by atoms with Gasteiger partial charge in [-0.25, -0.2) is 4.99 Å². The molecule has 1 aliphatic heterocycles. The molecular weight excluding hydrogens is 400 g/mol. The molecule has 7 nitrogen and oxygen atoms in total. The average Bonchev–Trinajstić information content (AvgIpc) is 3.19. The van der Waals surface area contributed by atoms with Gasteiger partial charge < -0.3 is 15.4 Å². The number of nitrogens with one attached hydrogen (secondary N) is 2. The minimum Gasteiger partial charge on any atom is -0.381 e. The summed E-state index contributed by atoms with van der Waals surface area (Å²) < 4.78 is 7.60. The van der Waals surface area contributed by atoms with E-state index in [0.717, 1.165) is 61.6 Å². The van der Waals surface area contributed by atoms with Crippen LogP contribution in [-0.2, 0) is 16.7 Å². The van der Waals surface area contributed by atoms with Crippen LogP contribution in [0.25, 0.3) is 5.65 Å². The van der Waals surface area contributed by atoms with Crippen molar-refractivity contribution in [1.82, 2.24) is 25.2 Å². The van der Waals surface area contributed by atoms with E-state index in [1.165, 1.54) is 5.56 Å². The standard InChI is InChI=1S/C22H27ClN6O/c1-2-24-21(25-15-20-28-27-19-8-3-4-11-29(19)20)26-16-22(9-12-30-13-10-22)17-6-5-7-18(23)14-17/h3-8,11,14H,2,9-10,12-13,15-16H2,1H3,(H2,24,25,26). The zero-order chi connectivity index (χ0) is 20.8. The lowest BCUT2D eigenvalue weighted by Gasteiger charge is -2.38. The van der Waals surface area contributed by atoms with Crippen molar-refractivity contribution in [1.29, 1.82) is 0 Å². The molecule has 0 saturated carbocycles. The lowest BCUT2D eigenvalue weighted by molar-refractivity contribution is 0.0514. The summed E-state index contributed by atoms with van der Waals surface area (Å²) in [5.74, 6) is 1.57. The smallest absolute Gasteiger partial charge is 0.191 e. The van der Waals surface area contributed by atoms with Crippen molar-refractivity contribution < 1.29 is 4.74 Å². The average molecular weight is 427 g/mol. The first-order valence-electron chi connectivity index (χ1n) is 10.3.